The molecule has 11 rings (SSSR count). The maximum atomic E-state index is 15.5. The molecule has 55 heavy (non-hydrogen) atoms. The topological polar surface area (TPSA) is 13.1 Å². The van der Waals surface area contributed by atoms with E-state index in [2.05, 4.69) is 103 Å². The minimum Gasteiger partial charge on any atom is -0.456 e. The molecule has 10 aromatic carbocycles. The van der Waals surface area contributed by atoms with Gasteiger partial charge in [-0.15, -0.1) is 0 Å². The van der Waals surface area contributed by atoms with E-state index < -0.39 is 11.6 Å². The van der Waals surface area contributed by atoms with Crippen molar-refractivity contribution in [3.05, 3.63) is 194 Å². The molecule has 0 bridgehead atoms. The van der Waals surface area contributed by atoms with Crippen LogP contribution in [-0.2, 0) is 0 Å². The molecular formula is C52H30F2O. The summed E-state index contributed by atoms with van der Waals surface area (Å²) in [5.74, 6) is -1.17. The first-order valence-corrected chi connectivity index (χ1v) is 18.5. The third-order valence-corrected chi connectivity index (χ3v) is 11.2. The lowest BCUT2D eigenvalue weighted by Crippen LogP contribution is -1.95. The van der Waals surface area contributed by atoms with Crippen molar-refractivity contribution in [1.82, 2.24) is 0 Å². The van der Waals surface area contributed by atoms with Crippen LogP contribution in [0.25, 0.3) is 110 Å². The quantitative estimate of drug-likeness (QED) is 0.166. The van der Waals surface area contributed by atoms with Crippen molar-refractivity contribution in [3.63, 3.8) is 0 Å². The number of hydrogen-bond acceptors (Lipinski definition) is 1. The van der Waals surface area contributed by atoms with Crippen LogP contribution in [-0.4, -0.2) is 0 Å². The second-order valence-electron chi connectivity index (χ2n) is 14.1. The lowest BCUT2D eigenvalue weighted by molar-refractivity contribution is 0.590. The maximum absolute atomic E-state index is 15.5. The molecule has 0 fully saturated rings. The number of benzene rings is 10. The van der Waals surface area contributed by atoms with Crippen molar-refractivity contribution in [2.75, 3.05) is 0 Å². The van der Waals surface area contributed by atoms with E-state index in [1.807, 2.05) is 60.7 Å². The first-order chi connectivity index (χ1) is 27.2. The van der Waals surface area contributed by atoms with Gasteiger partial charge in [-0.05, 0) is 107 Å². The van der Waals surface area contributed by atoms with Crippen LogP contribution in [0.5, 0.6) is 0 Å². The number of fused-ring (bicyclic) bond motifs is 7. The first kappa shape index (κ1) is 31.4. The van der Waals surface area contributed by atoms with E-state index in [0.717, 1.165) is 60.2 Å². The van der Waals surface area contributed by atoms with Gasteiger partial charge in [-0.1, -0.05) is 152 Å². The van der Waals surface area contributed by atoms with Crippen molar-refractivity contribution in [2.24, 2.45) is 0 Å². The summed E-state index contributed by atoms with van der Waals surface area (Å²) < 4.78 is 37.8. The summed E-state index contributed by atoms with van der Waals surface area (Å²) in [4.78, 5) is 0. The molecular weight excluding hydrogens is 679 g/mol. The van der Waals surface area contributed by atoms with Crippen LogP contribution in [0.1, 0.15) is 0 Å². The Balaban J connectivity index is 1.18. The third kappa shape index (κ3) is 4.70. The normalized spacial score (nSPS) is 11.8. The Bertz CT molecular complexity index is 3210. The third-order valence-electron chi connectivity index (χ3n) is 11.2. The lowest BCUT2D eigenvalue weighted by atomic mass is 9.84. The van der Waals surface area contributed by atoms with Crippen LogP contribution in [0.15, 0.2) is 186 Å². The molecule has 11 aromatic rings. The van der Waals surface area contributed by atoms with Gasteiger partial charge in [0.2, 0.25) is 0 Å². The zero-order valence-electron chi connectivity index (χ0n) is 29.5. The molecule has 1 aromatic heterocycles. The van der Waals surface area contributed by atoms with Gasteiger partial charge in [-0.25, -0.2) is 8.78 Å². The van der Waals surface area contributed by atoms with E-state index >= 15 is 8.78 Å². The van der Waals surface area contributed by atoms with E-state index in [1.165, 1.54) is 56.4 Å². The smallest absolute Gasteiger partial charge is 0.136 e. The van der Waals surface area contributed by atoms with Crippen LogP contribution >= 0.6 is 0 Å². The monoisotopic (exact) mass is 708 g/mol. The predicted molar refractivity (Wildman–Crippen MR) is 225 cm³/mol. The predicted octanol–water partition coefficient (Wildman–Crippen LogP) is 15.1. The lowest BCUT2D eigenvalue weighted by Gasteiger charge is -2.19. The highest BCUT2D eigenvalue weighted by Crippen LogP contribution is 2.49. The Morgan fingerprint density at radius 2 is 0.745 bits per heavy atom. The molecule has 0 saturated carbocycles. The van der Waals surface area contributed by atoms with Gasteiger partial charge >= 0.3 is 0 Å². The van der Waals surface area contributed by atoms with Crippen LogP contribution < -0.4 is 0 Å². The number of furan rings is 1. The number of hydrogen-bond donors (Lipinski definition) is 0. The zero-order chi connectivity index (χ0) is 36.6. The van der Waals surface area contributed by atoms with Gasteiger partial charge in [-0.2, -0.15) is 0 Å². The molecule has 0 aliphatic heterocycles. The van der Waals surface area contributed by atoms with Crippen molar-refractivity contribution in [1.29, 1.82) is 0 Å². The van der Waals surface area contributed by atoms with Crippen LogP contribution in [0.2, 0.25) is 0 Å². The van der Waals surface area contributed by atoms with Gasteiger partial charge < -0.3 is 4.42 Å². The summed E-state index contributed by atoms with van der Waals surface area (Å²) in [5.41, 5.74) is 8.76. The molecule has 3 heteroatoms. The van der Waals surface area contributed by atoms with Crippen molar-refractivity contribution >= 4 is 65.0 Å². The van der Waals surface area contributed by atoms with Gasteiger partial charge in [0.05, 0.1) is 5.56 Å². The van der Waals surface area contributed by atoms with Gasteiger partial charge in [0.25, 0.3) is 0 Å². The highest BCUT2D eigenvalue weighted by Gasteiger charge is 2.24. The van der Waals surface area contributed by atoms with Crippen molar-refractivity contribution in [2.45, 2.75) is 0 Å². The molecule has 258 valence electrons. The molecule has 0 spiro atoms. The van der Waals surface area contributed by atoms with Gasteiger partial charge in [0.15, 0.2) is 0 Å². The van der Waals surface area contributed by atoms with Crippen LogP contribution in [0, 0.1) is 11.6 Å². The minimum atomic E-state index is -0.586. The van der Waals surface area contributed by atoms with Crippen LogP contribution in [0.4, 0.5) is 8.78 Å². The van der Waals surface area contributed by atoms with E-state index in [4.69, 9.17) is 4.42 Å². The Morgan fingerprint density at radius 3 is 1.29 bits per heavy atom. The summed E-state index contributed by atoms with van der Waals surface area (Å²) in [6.07, 6.45) is 0. The Kier molecular flexibility index (Phi) is 6.99. The molecule has 0 N–H and O–H groups in total. The second kappa shape index (κ2) is 12.2. The van der Waals surface area contributed by atoms with E-state index in [9.17, 15) is 0 Å². The standard InChI is InChI=1S/C52H30F2O/c53-43-25-13-26-44(54)52(43)51-39-22-10-8-20-37(39)49(38-21-9-11-23-40(38)51)42-24-12-27-45-50(42)41-29-28-32(30-46(41)55-45)48-35-18-6-4-16-33(35)47(31-14-2-1-3-15-31)34-17-5-7-19-36(34)48/h1-30H. The average molecular weight is 709 g/mol. The second-order valence-corrected chi connectivity index (χ2v) is 14.1. The highest BCUT2D eigenvalue weighted by atomic mass is 19.1. The molecule has 0 atom stereocenters. The molecule has 0 aliphatic rings. The maximum Gasteiger partial charge on any atom is 0.136 e. The molecule has 0 aliphatic carbocycles. The molecule has 0 radical (unpaired) electrons. The molecule has 0 unspecified atom stereocenters. The van der Waals surface area contributed by atoms with E-state index in [0.29, 0.717) is 5.56 Å². The summed E-state index contributed by atoms with van der Waals surface area (Å²) in [6, 6.07) is 60.6. The van der Waals surface area contributed by atoms with Crippen LogP contribution in [0.3, 0.4) is 0 Å². The number of halogens is 2. The fourth-order valence-corrected chi connectivity index (χ4v) is 8.97. The average Bonchev–Trinajstić information content (AvgIpc) is 3.61. The van der Waals surface area contributed by atoms with Crippen molar-refractivity contribution in [3.8, 4) is 44.5 Å². The summed E-state index contributed by atoms with van der Waals surface area (Å²) >= 11 is 0. The molecule has 1 nitrogen and oxygen atoms in total. The zero-order valence-corrected chi connectivity index (χ0v) is 29.5. The Labute approximate surface area is 315 Å². The Morgan fingerprint density at radius 1 is 0.291 bits per heavy atom. The summed E-state index contributed by atoms with van der Waals surface area (Å²) in [6.45, 7) is 0. The van der Waals surface area contributed by atoms with Crippen molar-refractivity contribution < 1.29 is 13.2 Å². The largest absolute Gasteiger partial charge is 0.456 e. The molecule has 0 amide bonds. The van der Waals surface area contributed by atoms with Gasteiger partial charge in [-0.3, -0.25) is 0 Å². The Hall–Kier alpha value is -7.10. The van der Waals surface area contributed by atoms with Gasteiger partial charge in [0.1, 0.15) is 22.8 Å². The minimum absolute atomic E-state index is 0.0159. The first-order valence-electron chi connectivity index (χ1n) is 18.5. The van der Waals surface area contributed by atoms with Gasteiger partial charge in [0, 0.05) is 16.3 Å². The van der Waals surface area contributed by atoms with E-state index in [-0.39, 0.29) is 5.56 Å². The highest BCUT2D eigenvalue weighted by molar-refractivity contribution is 6.26. The fraction of sp³-hybridized carbons (Fsp3) is 0. The summed E-state index contributed by atoms with van der Waals surface area (Å²) in [7, 11) is 0. The van der Waals surface area contributed by atoms with E-state index in [1.54, 1.807) is 0 Å². The number of rotatable bonds is 4. The fourth-order valence-electron chi connectivity index (χ4n) is 8.97. The summed E-state index contributed by atoms with van der Waals surface area (Å²) in [5, 5.41) is 10.1. The SMILES string of the molecule is Fc1cccc(F)c1-c1c2ccccc2c(-c2cccc3oc4cc(-c5c6ccccc6c(-c6ccccc6)c6ccccc56)ccc4c23)c2ccccc12. The molecule has 1 heterocycles. The molecule has 0 saturated heterocycles.